The van der Waals surface area contributed by atoms with Crippen molar-refractivity contribution in [3.63, 3.8) is 0 Å². The van der Waals surface area contributed by atoms with E-state index in [0.29, 0.717) is 5.56 Å². The lowest BCUT2D eigenvalue weighted by atomic mass is 10.2. The molecular weight excluding hydrogens is 306 g/mol. The number of nitrogens with one attached hydrogen (secondary N) is 1. The van der Waals surface area contributed by atoms with Gasteiger partial charge in [0.15, 0.2) is 0 Å². The highest BCUT2D eigenvalue weighted by Crippen LogP contribution is 2.24. The van der Waals surface area contributed by atoms with E-state index in [9.17, 15) is 18.5 Å². The van der Waals surface area contributed by atoms with E-state index in [4.69, 9.17) is 5.26 Å². The molecule has 0 amide bonds. The van der Waals surface area contributed by atoms with Gasteiger partial charge in [0, 0.05) is 12.1 Å². The fourth-order valence-corrected chi connectivity index (χ4v) is 2.99. The quantitative estimate of drug-likeness (QED) is 0.687. The maximum atomic E-state index is 12.3. The van der Waals surface area contributed by atoms with Crippen molar-refractivity contribution in [3.8, 4) is 6.07 Å². The first kappa shape index (κ1) is 15.5. The van der Waals surface area contributed by atoms with Crippen LogP contribution in [0, 0.1) is 28.4 Å². The van der Waals surface area contributed by atoms with E-state index in [1.165, 1.54) is 42.5 Å². The van der Waals surface area contributed by atoms with Crippen molar-refractivity contribution in [1.29, 1.82) is 5.26 Å². The van der Waals surface area contributed by atoms with Crippen LogP contribution in [-0.2, 0) is 10.0 Å². The molecule has 0 fully saturated rings. The van der Waals surface area contributed by atoms with Crippen LogP contribution in [-0.4, -0.2) is 13.3 Å². The maximum Gasteiger partial charge on any atom is 0.269 e. The van der Waals surface area contributed by atoms with Gasteiger partial charge in [-0.05, 0) is 36.8 Å². The molecule has 2 rings (SSSR count). The summed E-state index contributed by atoms with van der Waals surface area (Å²) in [6, 6.07) is 11.3. The van der Waals surface area contributed by atoms with Gasteiger partial charge in [-0.25, -0.2) is 8.42 Å². The third kappa shape index (κ3) is 3.21. The Labute approximate surface area is 127 Å². The van der Waals surface area contributed by atoms with E-state index in [1.807, 2.05) is 6.07 Å². The van der Waals surface area contributed by atoms with Gasteiger partial charge < -0.3 is 0 Å². The molecule has 0 bridgehead atoms. The van der Waals surface area contributed by atoms with Crippen molar-refractivity contribution < 1.29 is 13.3 Å². The maximum absolute atomic E-state index is 12.3. The van der Waals surface area contributed by atoms with Crippen molar-refractivity contribution in [1.82, 2.24) is 0 Å². The van der Waals surface area contributed by atoms with Gasteiger partial charge in [0.2, 0.25) is 0 Å². The van der Waals surface area contributed by atoms with Crippen LogP contribution in [0.15, 0.2) is 47.4 Å². The first-order valence-corrected chi connectivity index (χ1v) is 7.60. The van der Waals surface area contributed by atoms with Gasteiger partial charge in [0.05, 0.1) is 27.1 Å². The van der Waals surface area contributed by atoms with Gasteiger partial charge in [0.1, 0.15) is 0 Å². The lowest BCUT2D eigenvalue weighted by Crippen LogP contribution is -2.14. The molecule has 2 aromatic rings. The average molecular weight is 317 g/mol. The Balaban J connectivity index is 2.37. The number of rotatable bonds is 4. The Morgan fingerprint density at radius 3 is 2.55 bits per heavy atom. The Kier molecular flexibility index (Phi) is 4.10. The fraction of sp³-hybridized carbons (Fsp3) is 0.0714. The summed E-state index contributed by atoms with van der Waals surface area (Å²) >= 11 is 0. The minimum absolute atomic E-state index is 0.0516. The average Bonchev–Trinajstić information content (AvgIpc) is 2.49. The van der Waals surface area contributed by atoms with Gasteiger partial charge in [-0.1, -0.05) is 6.07 Å². The molecule has 7 nitrogen and oxygen atoms in total. The summed E-state index contributed by atoms with van der Waals surface area (Å²) in [6.45, 7) is 1.57. The summed E-state index contributed by atoms with van der Waals surface area (Å²) in [6.07, 6.45) is 0. The van der Waals surface area contributed by atoms with Crippen molar-refractivity contribution in [2.45, 2.75) is 11.8 Å². The zero-order chi connectivity index (χ0) is 16.3. The number of benzene rings is 2. The highest BCUT2D eigenvalue weighted by atomic mass is 32.2. The molecule has 0 aromatic heterocycles. The smallest absolute Gasteiger partial charge is 0.269 e. The van der Waals surface area contributed by atoms with E-state index in [-0.39, 0.29) is 21.8 Å². The molecule has 0 unspecified atom stereocenters. The number of hydrogen-bond acceptors (Lipinski definition) is 5. The first-order valence-electron chi connectivity index (χ1n) is 6.11. The number of sulfonamides is 1. The van der Waals surface area contributed by atoms with E-state index in [0.717, 1.165) is 0 Å². The third-order valence-corrected chi connectivity index (χ3v) is 4.30. The highest BCUT2D eigenvalue weighted by molar-refractivity contribution is 7.92. The lowest BCUT2D eigenvalue weighted by molar-refractivity contribution is -0.384. The SMILES string of the molecule is Cc1cc([N+](=O)[O-])ccc1NS(=O)(=O)c1cccc(C#N)c1. The minimum Gasteiger partial charge on any atom is -0.279 e. The van der Waals surface area contributed by atoms with Crippen LogP contribution in [0.2, 0.25) is 0 Å². The van der Waals surface area contributed by atoms with Crippen LogP contribution < -0.4 is 4.72 Å². The topological polar surface area (TPSA) is 113 Å². The number of nitro benzene ring substituents is 1. The molecule has 112 valence electrons. The molecule has 0 heterocycles. The van der Waals surface area contributed by atoms with Crippen molar-refractivity contribution in [2.75, 3.05) is 4.72 Å². The molecule has 0 saturated heterocycles. The largest absolute Gasteiger partial charge is 0.279 e. The predicted molar refractivity (Wildman–Crippen MR) is 79.8 cm³/mol. The molecule has 0 radical (unpaired) electrons. The molecule has 0 atom stereocenters. The summed E-state index contributed by atoms with van der Waals surface area (Å²) in [5, 5.41) is 19.5. The second-order valence-corrected chi connectivity index (χ2v) is 6.18. The molecule has 2 aromatic carbocycles. The number of nitrogens with zero attached hydrogens (tertiary/aromatic N) is 2. The lowest BCUT2D eigenvalue weighted by Gasteiger charge is -2.10. The van der Waals surface area contributed by atoms with E-state index >= 15 is 0 Å². The molecule has 0 aliphatic rings. The summed E-state index contributed by atoms with van der Waals surface area (Å²) < 4.78 is 26.9. The van der Waals surface area contributed by atoms with Crippen molar-refractivity contribution in [3.05, 3.63) is 63.7 Å². The van der Waals surface area contributed by atoms with Crippen LogP contribution in [0.5, 0.6) is 0 Å². The molecule has 0 spiro atoms. The molecule has 0 aliphatic carbocycles. The number of hydrogen-bond donors (Lipinski definition) is 1. The van der Waals surface area contributed by atoms with Crippen LogP contribution >= 0.6 is 0 Å². The van der Waals surface area contributed by atoms with Crippen molar-refractivity contribution >= 4 is 21.4 Å². The van der Waals surface area contributed by atoms with Crippen LogP contribution in [0.25, 0.3) is 0 Å². The Morgan fingerprint density at radius 2 is 1.95 bits per heavy atom. The first-order chi connectivity index (χ1) is 10.3. The molecule has 0 aliphatic heterocycles. The highest BCUT2D eigenvalue weighted by Gasteiger charge is 2.17. The van der Waals surface area contributed by atoms with Crippen molar-refractivity contribution in [2.24, 2.45) is 0 Å². The number of nitro groups is 1. The monoisotopic (exact) mass is 317 g/mol. The number of non-ortho nitro benzene ring substituents is 1. The van der Waals surface area contributed by atoms with Crippen LogP contribution in [0.3, 0.4) is 0 Å². The van der Waals surface area contributed by atoms with Gasteiger partial charge in [-0.2, -0.15) is 5.26 Å². The number of nitriles is 1. The Morgan fingerprint density at radius 1 is 1.23 bits per heavy atom. The molecule has 0 saturated carbocycles. The second kappa shape index (κ2) is 5.83. The molecule has 1 N–H and O–H groups in total. The zero-order valence-corrected chi connectivity index (χ0v) is 12.3. The third-order valence-electron chi connectivity index (χ3n) is 2.94. The summed E-state index contributed by atoms with van der Waals surface area (Å²) in [4.78, 5) is 10.1. The summed E-state index contributed by atoms with van der Waals surface area (Å²) in [7, 11) is -3.87. The standard InChI is InChI=1S/C14H11N3O4S/c1-10-7-12(17(18)19)5-6-14(10)16-22(20,21)13-4-2-3-11(8-13)9-15/h2-8,16H,1H3. The molecule has 8 heteroatoms. The van der Waals surface area contributed by atoms with E-state index < -0.39 is 14.9 Å². The second-order valence-electron chi connectivity index (χ2n) is 4.50. The normalized spacial score (nSPS) is 10.7. The van der Waals surface area contributed by atoms with E-state index in [1.54, 1.807) is 6.92 Å². The van der Waals surface area contributed by atoms with Crippen LogP contribution in [0.1, 0.15) is 11.1 Å². The van der Waals surface area contributed by atoms with Gasteiger partial charge in [-0.15, -0.1) is 0 Å². The Bertz CT molecular complexity index is 885. The summed E-state index contributed by atoms with van der Waals surface area (Å²) in [5.74, 6) is 0. The number of aryl methyl sites for hydroxylation is 1. The predicted octanol–water partition coefficient (Wildman–Crippen LogP) is 2.58. The molecular formula is C14H11N3O4S. The molecule has 22 heavy (non-hydrogen) atoms. The summed E-state index contributed by atoms with van der Waals surface area (Å²) in [5.41, 5.74) is 0.775. The minimum atomic E-state index is -3.87. The zero-order valence-electron chi connectivity index (χ0n) is 11.5. The van der Waals surface area contributed by atoms with Crippen LogP contribution in [0.4, 0.5) is 11.4 Å². The van der Waals surface area contributed by atoms with Gasteiger partial charge in [0.25, 0.3) is 15.7 Å². The number of anilines is 1. The van der Waals surface area contributed by atoms with Gasteiger partial charge in [-0.3, -0.25) is 14.8 Å². The fourth-order valence-electron chi connectivity index (χ4n) is 1.81. The van der Waals surface area contributed by atoms with Gasteiger partial charge >= 0.3 is 0 Å². The van der Waals surface area contributed by atoms with E-state index in [2.05, 4.69) is 4.72 Å². The Hall–Kier alpha value is -2.92.